The molecule has 0 aliphatic rings. The second-order valence-corrected chi connectivity index (χ2v) is 2.03. The number of nitrogens with zero attached hydrogens (tertiary/aromatic N) is 2. The molecule has 4 heteroatoms. The molecule has 2 aromatic heterocycles. The highest BCUT2D eigenvalue weighted by Crippen LogP contribution is 2.12. The van der Waals surface area contributed by atoms with E-state index in [4.69, 9.17) is 4.52 Å². The highest BCUT2D eigenvalue weighted by atomic mass is 32.1. The summed E-state index contributed by atoms with van der Waals surface area (Å²) in [5.41, 5.74) is 0.634. The molecule has 0 fully saturated rings. The molecule has 0 N–H and O–H groups in total. The fraction of sp³-hybridized carbons (Fsp3) is 0. The van der Waals surface area contributed by atoms with E-state index in [0.29, 0.717) is 5.71 Å². The Balaban J connectivity index is 3.06. The van der Waals surface area contributed by atoms with Crippen LogP contribution in [0, 0.1) is 0 Å². The standard InChI is InChI=1S/C4H2N2OS/c1-3-2-8-6-4(3)7-5-1/h1-2H. The molecule has 0 amide bonds. The SMILES string of the molecule is c1noc2nscc12. The van der Waals surface area contributed by atoms with Gasteiger partial charge in [-0.25, -0.2) is 0 Å². The van der Waals surface area contributed by atoms with E-state index in [-0.39, 0.29) is 0 Å². The van der Waals surface area contributed by atoms with E-state index >= 15 is 0 Å². The first-order valence-electron chi connectivity index (χ1n) is 2.11. The van der Waals surface area contributed by atoms with E-state index in [9.17, 15) is 0 Å². The lowest BCUT2D eigenvalue weighted by Crippen LogP contribution is -1.49. The van der Waals surface area contributed by atoms with Crippen molar-refractivity contribution in [1.29, 1.82) is 0 Å². The fourth-order valence-electron chi connectivity index (χ4n) is 0.522. The summed E-state index contributed by atoms with van der Waals surface area (Å²) < 4.78 is 8.60. The smallest absolute Gasteiger partial charge is 0.269 e. The number of rotatable bonds is 0. The average Bonchev–Trinajstić information content (AvgIpc) is 2.15. The molecule has 0 aliphatic carbocycles. The molecule has 0 atom stereocenters. The van der Waals surface area contributed by atoms with Crippen molar-refractivity contribution in [2.75, 3.05) is 0 Å². The van der Waals surface area contributed by atoms with Crippen LogP contribution in [0.4, 0.5) is 0 Å². The zero-order valence-electron chi connectivity index (χ0n) is 3.87. The minimum absolute atomic E-state index is 0.634. The molecular weight excluding hydrogens is 124 g/mol. The molecule has 8 heavy (non-hydrogen) atoms. The predicted octanol–water partition coefficient (Wildman–Crippen LogP) is 1.28. The van der Waals surface area contributed by atoms with E-state index < -0.39 is 0 Å². The first-order chi connectivity index (χ1) is 3.97. The van der Waals surface area contributed by atoms with Crippen LogP contribution >= 0.6 is 11.5 Å². The molecule has 2 aromatic rings. The summed E-state index contributed by atoms with van der Waals surface area (Å²) in [7, 11) is 0. The molecule has 0 saturated heterocycles. The van der Waals surface area contributed by atoms with Crippen LogP contribution in [-0.2, 0) is 0 Å². The van der Waals surface area contributed by atoms with Gasteiger partial charge in [-0.1, -0.05) is 5.16 Å². The molecule has 2 rings (SSSR count). The topological polar surface area (TPSA) is 38.9 Å². The third-order valence-electron chi connectivity index (χ3n) is 0.893. The molecule has 0 spiro atoms. The van der Waals surface area contributed by atoms with Gasteiger partial charge in [0.15, 0.2) is 0 Å². The molecule has 0 aromatic carbocycles. The van der Waals surface area contributed by atoms with Gasteiger partial charge in [0.2, 0.25) is 0 Å². The zero-order chi connectivity index (χ0) is 5.40. The highest BCUT2D eigenvalue weighted by Gasteiger charge is 1.96. The lowest BCUT2D eigenvalue weighted by atomic mass is 10.5. The maximum absolute atomic E-state index is 4.71. The van der Waals surface area contributed by atoms with Crippen LogP contribution in [0.5, 0.6) is 0 Å². The summed E-state index contributed by atoms with van der Waals surface area (Å²) in [6.45, 7) is 0. The Morgan fingerprint density at radius 2 is 2.62 bits per heavy atom. The van der Waals surface area contributed by atoms with Crippen LogP contribution in [0.1, 0.15) is 0 Å². The van der Waals surface area contributed by atoms with Crippen LogP contribution in [0.2, 0.25) is 0 Å². The largest absolute Gasteiger partial charge is 0.335 e. The fourth-order valence-corrected chi connectivity index (χ4v) is 1.08. The van der Waals surface area contributed by atoms with Gasteiger partial charge in [-0.05, 0) is 11.5 Å². The van der Waals surface area contributed by atoms with E-state index in [1.54, 1.807) is 6.20 Å². The summed E-state index contributed by atoms with van der Waals surface area (Å²) >= 11 is 1.38. The van der Waals surface area contributed by atoms with Crippen LogP contribution in [-0.4, -0.2) is 9.53 Å². The number of fused-ring (bicyclic) bond motifs is 1. The maximum Gasteiger partial charge on any atom is 0.269 e. The summed E-state index contributed by atoms with van der Waals surface area (Å²) in [4.78, 5) is 0. The van der Waals surface area contributed by atoms with E-state index in [1.807, 2.05) is 5.38 Å². The van der Waals surface area contributed by atoms with E-state index in [0.717, 1.165) is 5.39 Å². The molecule has 0 bridgehead atoms. The van der Waals surface area contributed by atoms with Crippen LogP contribution in [0.25, 0.3) is 11.1 Å². The summed E-state index contributed by atoms with van der Waals surface area (Å²) in [5, 5.41) is 6.41. The van der Waals surface area contributed by atoms with E-state index in [2.05, 4.69) is 9.53 Å². The highest BCUT2D eigenvalue weighted by molar-refractivity contribution is 7.04. The molecule has 40 valence electrons. The van der Waals surface area contributed by atoms with Crippen molar-refractivity contribution < 1.29 is 4.52 Å². The van der Waals surface area contributed by atoms with Crippen molar-refractivity contribution in [2.24, 2.45) is 0 Å². The summed E-state index contributed by atoms with van der Waals surface area (Å²) in [6.07, 6.45) is 1.65. The Hall–Kier alpha value is -0.900. The van der Waals surface area contributed by atoms with Crippen molar-refractivity contribution in [2.45, 2.75) is 0 Å². The third kappa shape index (κ3) is 0.376. The Bertz CT molecular complexity index is 235. The maximum atomic E-state index is 4.71. The van der Waals surface area contributed by atoms with Crippen molar-refractivity contribution in [1.82, 2.24) is 9.53 Å². The van der Waals surface area contributed by atoms with Gasteiger partial charge in [-0.3, -0.25) is 0 Å². The third-order valence-corrected chi connectivity index (χ3v) is 1.52. The van der Waals surface area contributed by atoms with Gasteiger partial charge >= 0.3 is 0 Å². The van der Waals surface area contributed by atoms with Crippen LogP contribution < -0.4 is 0 Å². The van der Waals surface area contributed by atoms with Gasteiger partial charge in [0.25, 0.3) is 5.71 Å². The second-order valence-electron chi connectivity index (χ2n) is 1.40. The van der Waals surface area contributed by atoms with Crippen molar-refractivity contribution in [3.63, 3.8) is 0 Å². The lowest BCUT2D eigenvalue weighted by molar-refractivity contribution is 0.450. The first kappa shape index (κ1) is 4.03. The Kier molecular flexibility index (Phi) is 0.648. The second kappa shape index (κ2) is 1.29. The summed E-state index contributed by atoms with van der Waals surface area (Å²) in [5.74, 6) is 0. The molecule has 0 aliphatic heterocycles. The lowest BCUT2D eigenvalue weighted by Gasteiger charge is -1.60. The van der Waals surface area contributed by atoms with Crippen LogP contribution in [0.15, 0.2) is 16.1 Å². The molecule has 0 saturated carbocycles. The zero-order valence-corrected chi connectivity index (χ0v) is 4.68. The van der Waals surface area contributed by atoms with Gasteiger partial charge in [0.1, 0.15) is 0 Å². The summed E-state index contributed by atoms with van der Waals surface area (Å²) in [6, 6.07) is 0. The van der Waals surface area contributed by atoms with Crippen molar-refractivity contribution >= 4 is 22.6 Å². The van der Waals surface area contributed by atoms with Gasteiger partial charge < -0.3 is 4.52 Å². The van der Waals surface area contributed by atoms with Gasteiger partial charge in [-0.15, -0.1) is 0 Å². The molecule has 0 unspecified atom stereocenters. The minimum atomic E-state index is 0.634. The predicted molar refractivity (Wildman–Crippen MR) is 29.7 cm³/mol. The molecular formula is C4H2N2OS. The van der Waals surface area contributed by atoms with Crippen molar-refractivity contribution in [3.8, 4) is 0 Å². The average molecular weight is 126 g/mol. The van der Waals surface area contributed by atoms with Crippen LogP contribution in [0.3, 0.4) is 0 Å². The number of hydrogen-bond acceptors (Lipinski definition) is 4. The molecule has 3 nitrogen and oxygen atoms in total. The monoisotopic (exact) mass is 126 g/mol. The van der Waals surface area contributed by atoms with Gasteiger partial charge in [-0.2, -0.15) is 4.37 Å². The quantitative estimate of drug-likeness (QED) is 0.533. The van der Waals surface area contributed by atoms with E-state index in [1.165, 1.54) is 11.5 Å². The Morgan fingerprint density at radius 3 is 3.50 bits per heavy atom. The van der Waals surface area contributed by atoms with Gasteiger partial charge in [0, 0.05) is 5.38 Å². The normalized spacial score (nSPS) is 10.5. The Labute approximate surface area is 49.1 Å². The number of aromatic nitrogens is 2. The van der Waals surface area contributed by atoms with Crippen molar-refractivity contribution in [3.05, 3.63) is 11.6 Å². The molecule has 0 radical (unpaired) electrons. The van der Waals surface area contributed by atoms with Gasteiger partial charge in [0.05, 0.1) is 11.6 Å². The Morgan fingerprint density at radius 1 is 1.62 bits per heavy atom. The number of hydrogen-bond donors (Lipinski definition) is 0. The first-order valence-corrected chi connectivity index (χ1v) is 2.95. The molecule has 2 heterocycles. The minimum Gasteiger partial charge on any atom is -0.335 e.